The maximum Gasteiger partial charge on any atom is 0.407 e. The van der Waals surface area contributed by atoms with Crippen molar-refractivity contribution in [1.29, 1.82) is 0 Å². The molecule has 0 spiro atoms. The summed E-state index contributed by atoms with van der Waals surface area (Å²) < 4.78 is 6.26. The monoisotopic (exact) mass is 260 g/mol. The molecule has 0 saturated heterocycles. The number of hydrogen-bond donors (Lipinski definition) is 1. The molecule has 0 unspecified atom stereocenters. The summed E-state index contributed by atoms with van der Waals surface area (Å²) in [4.78, 5) is 15.2. The molecule has 90 valence electrons. The van der Waals surface area contributed by atoms with Crippen LogP contribution in [-0.4, -0.2) is 29.0 Å². The van der Waals surface area contributed by atoms with Gasteiger partial charge in [0.15, 0.2) is 0 Å². The van der Waals surface area contributed by atoms with E-state index in [1.54, 1.807) is 28.6 Å². The number of hydrogen-bond acceptors (Lipinski definition) is 5. The van der Waals surface area contributed by atoms with Gasteiger partial charge in [-0.3, -0.25) is 4.98 Å². The lowest BCUT2D eigenvalue weighted by Crippen LogP contribution is -2.33. The van der Waals surface area contributed by atoms with E-state index in [0.29, 0.717) is 6.54 Å². The smallest absolute Gasteiger partial charge is 0.407 e. The Labute approximate surface area is 104 Å². The summed E-state index contributed by atoms with van der Waals surface area (Å²) in [6.07, 6.45) is 1.46. The van der Waals surface area contributed by atoms with Gasteiger partial charge in [0.1, 0.15) is 5.60 Å². The fourth-order valence-corrected chi connectivity index (χ4v) is 2.43. The number of amides is 1. The van der Waals surface area contributed by atoms with Crippen molar-refractivity contribution in [2.45, 2.75) is 30.6 Å². The van der Waals surface area contributed by atoms with Crippen molar-refractivity contribution in [2.75, 3.05) is 12.3 Å². The lowest BCUT2D eigenvalue weighted by atomic mass is 10.2. The van der Waals surface area contributed by atoms with E-state index in [0.717, 1.165) is 9.96 Å². The number of thioether (sulfide) groups is 1. The van der Waals surface area contributed by atoms with Gasteiger partial charge in [-0.1, -0.05) is 0 Å². The zero-order valence-corrected chi connectivity index (χ0v) is 11.3. The highest BCUT2D eigenvalue weighted by Crippen LogP contribution is 2.20. The lowest BCUT2D eigenvalue weighted by Gasteiger charge is -2.19. The van der Waals surface area contributed by atoms with Gasteiger partial charge in [0.05, 0.1) is 15.9 Å². The van der Waals surface area contributed by atoms with Gasteiger partial charge in [0, 0.05) is 12.3 Å². The predicted molar refractivity (Wildman–Crippen MR) is 67.1 cm³/mol. The van der Waals surface area contributed by atoms with E-state index in [2.05, 4.69) is 10.3 Å². The molecule has 1 amide bonds. The Hall–Kier alpha value is -0.750. The second kappa shape index (κ2) is 6.10. The Morgan fingerprint density at radius 2 is 2.38 bits per heavy atom. The molecular weight excluding hydrogens is 244 g/mol. The molecule has 0 atom stereocenters. The number of thiazole rings is 1. The molecule has 1 aromatic rings. The number of nitrogens with zero attached hydrogens (tertiary/aromatic N) is 1. The molecule has 0 radical (unpaired) electrons. The molecule has 0 bridgehead atoms. The van der Waals surface area contributed by atoms with Gasteiger partial charge in [-0.2, -0.15) is 0 Å². The van der Waals surface area contributed by atoms with Gasteiger partial charge < -0.3 is 10.1 Å². The summed E-state index contributed by atoms with van der Waals surface area (Å²) in [6, 6.07) is 0. The number of carbonyl (C=O) groups is 1. The minimum Gasteiger partial charge on any atom is -0.444 e. The van der Waals surface area contributed by atoms with Crippen molar-refractivity contribution < 1.29 is 9.53 Å². The Balaban J connectivity index is 2.09. The van der Waals surface area contributed by atoms with Crippen LogP contribution in [0.1, 0.15) is 20.8 Å². The van der Waals surface area contributed by atoms with Crippen LogP contribution in [0.25, 0.3) is 0 Å². The van der Waals surface area contributed by atoms with Crippen LogP contribution in [-0.2, 0) is 4.74 Å². The minimum absolute atomic E-state index is 0.364. The van der Waals surface area contributed by atoms with Crippen molar-refractivity contribution in [3.05, 3.63) is 11.7 Å². The third-order valence-electron chi connectivity index (χ3n) is 1.42. The highest BCUT2D eigenvalue weighted by molar-refractivity contribution is 8.01. The fourth-order valence-electron chi connectivity index (χ4n) is 0.894. The van der Waals surface area contributed by atoms with Gasteiger partial charge in [0.2, 0.25) is 0 Å². The van der Waals surface area contributed by atoms with E-state index >= 15 is 0 Å². The van der Waals surface area contributed by atoms with E-state index in [-0.39, 0.29) is 6.09 Å². The average Bonchev–Trinajstić information content (AvgIpc) is 2.62. The first-order valence-corrected chi connectivity index (χ1v) is 6.82. The molecule has 1 N–H and O–H groups in total. The number of ether oxygens (including phenoxy) is 1. The molecule has 0 aromatic carbocycles. The first-order chi connectivity index (χ1) is 7.47. The maximum atomic E-state index is 11.3. The zero-order chi connectivity index (χ0) is 12.0. The molecule has 1 rings (SSSR count). The lowest BCUT2D eigenvalue weighted by molar-refractivity contribution is 0.0531. The van der Waals surface area contributed by atoms with Crippen molar-refractivity contribution in [1.82, 2.24) is 10.3 Å². The summed E-state index contributed by atoms with van der Waals surface area (Å²) in [7, 11) is 0. The van der Waals surface area contributed by atoms with Gasteiger partial charge in [-0.25, -0.2) is 4.79 Å². The molecule has 1 heterocycles. The zero-order valence-electron chi connectivity index (χ0n) is 9.65. The minimum atomic E-state index is -0.436. The molecular formula is C10H16N2O2S2. The van der Waals surface area contributed by atoms with Crippen LogP contribution < -0.4 is 5.32 Å². The molecule has 16 heavy (non-hydrogen) atoms. The SMILES string of the molecule is CC(C)(C)OC(=O)NCCSc1cncs1. The van der Waals surface area contributed by atoms with Crippen LogP contribution >= 0.6 is 23.1 Å². The average molecular weight is 260 g/mol. The van der Waals surface area contributed by atoms with Gasteiger partial charge in [0.25, 0.3) is 0 Å². The molecule has 6 heteroatoms. The predicted octanol–water partition coefficient (Wildman–Crippen LogP) is 2.76. The second-order valence-electron chi connectivity index (χ2n) is 4.10. The van der Waals surface area contributed by atoms with Crippen LogP contribution in [0.4, 0.5) is 4.79 Å². The number of rotatable bonds is 4. The maximum absolute atomic E-state index is 11.3. The summed E-state index contributed by atoms with van der Waals surface area (Å²) in [5.74, 6) is 0.821. The topological polar surface area (TPSA) is 51.2 Å². The van der Waals surface area contributed by atoms with Gasteiger partial charge in [-0.05, 0) is 20.8 Å². The van der Waals surface area contributed by atoms with Crippen molar-refractivity contribution in [3.63, 3.8) is 0 Å². The highest BCUT2D eigenvalue weighted by atomic mass is 32.2. The third kappa shape index (κ3) is 5.97. The molecule has 0 aliphatic carbocycles. The summed E-state index contributed by atoms with van der Waals surface area (Å²) in [6.45, 7) is 6.13. The van der Waals surface area contributed by atoms with Crippen LogP contribution in [0, 0.1) is 0 Å². The fraction of sp³-hybridized carbons (Fsp3) is 0.600. The van der Waals surface area contributed by atoms with E-state index < -0.39 is 5.60 Å². The Bertz CT molecular complexity index is 320. The normalized spacial score (nSPS) is 11.2. The van der Waals surface area contributed by atoms with E-state index in [1.807, 2.05) is 27.0 Å². The molecule has 0 saturated carbocycles. The number of alkyl carbamates (subject to hydrolysis) is 1. The van der Waals surface area contributed by atoms with Crippen LogP contribution in [0.3, 0.4) is 0 Å². The van der Waals surface area contributed by atoms with Crippen molar-refractivity contribution >= 4 is 29.2 Å². The van der Waals surface area contributed by atoms with E-state index in [9.17, 15) is 4.79 Å². The largest absolute Gasteiger partial charge is 0.444 e. The van der Waals surface area contributed by atoms with Crippen LogP contribution in [0.2, 0.25) is 0 Å². The van der Waals surface area contributed by atoms with E-state index in [4.69, 9.17) is 4.74 Å². The number of nitrogens with one attached hydrogen (secondary N) is 1. The van der Waals surface area contributed by atoms with Crippen LogP contribution in [0.5, 0.6) is 0 Å². The highest BCUT2D eigenvalue weighted by Gasteiger charge is 2.15. The number of aromatic nitrogens is 1. The summed E-state index contributed by atoms with van der Waals surface area (Å²) in [5.41, 5.74) is 1.36. The van der Waals surface area contributed by atoms with Gasteiger partial charge >= 0.3 is 6.09 Å². The van der Waals surface area contributed by atoms with Crippen molar-refractivity contribution in [3.8, 4) is 0 Å². The molecule has 0 aliphatic rings. The van der Waals surface area contributed by atoms with Gasteiger partial charge in [-0.15, -0.1) is 23.1 Å². The Morgan fingerprint density at radius 3 is 2.94 bits per heavy atom. The van der Waals surface area contributed by atoms with Crippen molar-refractivity contribution in [2.24, 2.45) is 0 Å². The summed E-state index contributed by atoms with van der Waals surface area (Å²) >= 11 is 3.27. The van der Waals surface area contributed by atoms with E-state index in [1.165, 1.54) is 0 Å². The van der Waals surface area contributed by atoms with Crippen LogP contribution in [0.15, 0.2) is 15.9 Å². The molecule has 0 fully saturated rings. The standard InChI is InChI=1S/C10H16N2O2S2/c1-10(2,3)14-9(13)12-4-5-15-8-6-11-7-16-8/h6-7H,4-5H2,1-3H3,(H,12,13). The number of carbonyl (C=O) groups excluding carboxylic acids is 1. The first-order valence-electron chi connectivity index (χ1n) is 4.95. The third-order valence-corrected chi connectivity index (χ3v) is 3.43. The Morgan fingerprint density at radius 1 is 1.62 bits per heavy atom. The molecule has 0 aliphatic heterocycles. The summed E-state index contributed by atoms with van der Waals surface area (Å²) in [5, 5.41) is 2.70. The second-order valence-corrected chi connectivity index (χ2v) is 6.38. The molecule has 4 nitrogen and oxygen atoms in total. The Kier molecular flexibility index (Phi) is 5.08. The quantitative estimate of drug-likeness (QED) is 0.668. The molecule has 1 aromatic heterocycles. The first kappa shape index (κ1) is 13.3.